The Morgan fingerprint density at radius 1 is 0.889 bits per heavy atom. The molecule has 0 saturated carbocycles. The van der Waals surface area contributed by atoms with Crippen LogP contribution in [-0.4, -0.2) is 11.3 Å². The van der Waals surface area contributed by atoms with Crippen molar-refractivity contribution in [2.75, 3.05) is 0 Å². The summed E-state index contributed by atoms with van der Waals surface area (Å²) >= 11 is 0. The highest BCUT2D eigenvalue weighted by Crippen LogP contribution is 2.51. The van der Waals surface area contributed by atoms with Crippen LogP contribution in [0.1, 0.15) is 27.7 Å². The summed E-state index contributed by atoms with van der Waals surface area (Å²) in [6.45, 7) is 8.36. The minimum absolute atomic E-state index is 0.456. The first kappa shape index (κ1) is 9.35. The van der Waals surface area contributed by atoms with Gasteiger partial charge in [-0.3, -0.25) is 0 Å². The molecule has 3 heteroatoms. The van der Waals surface area contributed by atoms with Crippen LogP contribution in [0.4, 0.5) is 0 Å². The smallest absolute Gasteiger partial charge is 0.146 e. The zero-order valence-corrected chi connectivity index (χ0v) is 7.65. The van der Waals surface area contributed by atoms with Crippen LogP contribution in [0.5, 0.6) is 0 Å². The summed E-state index contributed by atoms with van der Waals surface area (Å²) in [5.41, 5.74) is 12.7. The summed E-state index contributed by atoms with van der Waals surface area (Å²) in [5, 5.41) is 0. The highest BCUT2D eigenvalue weighted by molar-refractivity contribution is 7.72. The van der Waals surface area contributed by atoms with Crippen LogP contribution in [0, 0.1) is 0 Å². The molecule has 0 bridgehead atoms. The van der Waals surface area contributed by atoms with E-state index in [2.05, 4.69) is 27.7 Å². The third-order valence-electron chi connectivity index (χ3n) is 1.79. The molecule has 0 aliphatic heterocycles. The highest BCUT2D eigenvalue weighted by atomic mass is 31.2. The molecule has 0 aliphatic carbocycles. The Balaban J connectivity index is 4.01. The first-order valence-electron chi connectivity index (χ1n) is 3.34. The maximum atomic E-state index is 5.89. The van der Waals surface area contributed by atoms with Crippen molar-refractivity contribution in [2.45, 2.75) is 39.0 Å². The second-order valence-corrected chi connectivity index (χ2v) is 6.94. The van der Waals surface area contributed by atoms with Crippen molar-refractivity contribution in [1.29, 1.82) is 0 Å². The van der Waals surface area contributed by atoms with E-state index in [1.807, 2.05) is 0 Å². The maximum Gasteiger partial charge on any atom is 0.146 e. The van der Waals surface area contributed by atoms with Gasteiger partial charge in [-0.1, -0.05) is 0 Å². The molecule has 56 valence electrons. The minimum Gasteiger partial charge on any atom is -0.189 e. The third kappa shape index (κ3) is 2.21. The van der Waals surface area contributed by atoms with Gasteiger partial charge in [0.2, 0.25) is 0 Å². The summed E-state index contributed by atoms with van der Waals surface area (Å²) in [6.07, 6.45) is 0. The minimum atomic E-state index is -1.59. The van der Waals surface area contributed by atoms with Crippen LogP contribution in [0.25, 0.3) is 0 Å². The predicted octanol–water partition coefficient (Wildman–Crippen LogP) is 1.57. The molecule has 0 fully saturated rings. The molecule has 0 spiro atoms. The highest BCUT2D eigenvalue weighted by Gasteiger charge is 2.35. The van der Waals surface area contributed by atoms with Gasteiger partial charge < -0.3 is 0 Å². The average Bonchev–Trinajstić information content (AvgIpc) is 1.65. The second-order valence-electron chi connectivity index (χ2n) is 3.08. The number of rotatable bonds is 2. The van der Waals surface area contributed by atoms with Gasteiger partial charge in [0.25, 0.3) is 0 Å². The number of hydrogen-bond donors (Lipinski definition) is 2. The molecule has 0 aromatic rings. The van der Waals surface area contributed by atoms with Gasteiger partial charge >= 0.3 is 0 Å². The fraction of sp³-hybridized carbons (Fsp3) is 1.00. The topological polar surface area (TPSA) is 52.0 Å². The van der Waals surface area contributed by atoms with E-state index < -0.39 is 7.56 Å². The monoisotopic (exact) mass is 149 g/mol. The summed E-state index contributed by atoms with van der Waals surface area (Å²) in [6, 6.07) is 0. The molecular weight excluding hydrogens is 131 g/mol. The van der Waals surface area contributed by atoms with E-state index in [0.29, 0.717) is 11.3 Å². The lowest BCUT2D eigenvalue weighted by Crippen LogP contribution is -2.29. The third-order valence-corrected chi connectivity index (χ3v) is 5.37. The van der Waals surface area contributed by atoms with Crippen LogP contribution in [0.2, 0.25) is 0 Å². The molecule has 0 aliphatic rings. The van der Waals surface area contributed by atoms with Gasteiger partial charge in [-0.05, 0) is 27.7 Å². The second kappa shape index (κ2) is 2.96. The Hall–Kier alpha value is 0.350. The number of hydrogen-bond acceptors (Lipinski definition) is 2. The largest absolute Gasteiger partial charge is 0.189 e. The fourth-order valence-electron chi connectivity index (χ4n) is 0.596. The van der Waals surface area contributed by atoms with Gasteiger partial charge in [0.05, 0.1) is 11.3 Å². The summed E-state index contributed by atoms with van der Waals surface area (Å²) < 4.78 is 0. The van der Waals surface area contributed by atoms with E-state index in [0.717, 1.165) is 0 Å². The van der Waals surface area contributed by atoms with E-state index in [4.69, 9.17) is 11.0 Å². The van der Waals surface area contributed by atoms with Crippen LogP contribution in [0.3, 0.4) is 0 Å². The van der Waals surface area contributed by atoms with Crippen molar-refractivity contribution >= 4 is 7.56 Å². The molecule has 0 atom stereocenters. The molecule has 0 radical (unpaired) electrons. The van der Waals surface area contributed by atoms with Gasteiger partial charge in [-0.15, -0.1) is 0 Å². The van der Waals surface area contributed by atoms with E-state index in [1.54, 1.807) is 0 Å². The Bertz CT molecular complexity index is 79.1. The standard InChI is InChI=1S/C6H18N2P/c1-5(2)9(7,8)6(3)4/h5-6H,7-8H2,1-4H3/q+1. The lowest BCUT2D eigenvalue weighted by molar-refractivity contribution is 0.972. The SMILES string of the molecule is CC(C)[P+](N)(N)C(C)C. The Morgan fingerprint density at radius 2 is 1.11 bits per heavy atom. The molecule has 0 aromatic carbocycles. The van der Waals surface area contributed by atoms with E-state index in [1.165, 1.54) is 0 Å². The van der Waals surface area contributed by atoms with Crippen molar-refractivity contribution in [2.24, 2.45) is 11.0 Å². The van der Waals surface area contributed by atoms with Crippen LogP contribution >= 0.6 is 7.56 Å². The van der Waals surface area contributed by atoms with Gasteiger partial charge in [0.15, 0.2) is 0 Å². The quantitative estimate of drug-likeness (QED) is 0.585. The predicted molar refractivity (Wildman–Crippen MR) is 45.6 cm³/mol. The van der Waals surface area contributed by atoms with E-state index >= 15 is 0 Å². The molecular formula is C6H18N2P+. The molecule has 4 N–H and O–H groups in total. The van der Waals surface area contributed by atoms with Gasteiger partial charge in [-0.25, -0.2) is 0 Å². The van der Waals surface area contributed by atoms with Crippen molar-refractivity contribution in [3.05, 3.63) is 0 Å². The van der Waals surface area contributed by atoms with Crippen molar-refractivity contribution in [1.82, 2.24) is 0 Å². The first-order valence-corrected chi connectivity index (χ1v) is 5.41. The fourth-order valence-corrected chi connectivity index (χ4v) is 1.79. The molecule has 2 nitrogen and oxygen atoms in total. The van der Waals surface area contributed by atoms with Crippen LogP contribution in [-0.2, 0) is 0 Å². The molecule has 9 heavy (non-hydrogen) atoms. The zero-order valence-electron chi connectivity index (χ0n) is 6.76. The molecule has 0 amide bonds. The Labute approximate surface area is 58.4 Å². The Kier molecular flexibility index (Phi) is 3.07. The van der Waals surface area contributed by atoms with Crippen LogP contribution in [0.15, 0.2) is 0 Å². The van der Waals surface area contributed by atoms with Crippen molar-refractivity contribution in [3.8, 4) is 0 Å². The molecule has 0 aromatic heterocycles. The first-order chi connectivity index (χ1) is 3.89. The normalized spacial score (nSPS) is 13.3. The zero-order chi connectivity index (χ0) is 7.65. The summed E-state index contributed by atoms with van der Waals surface area (Å²) in [4.78, 5) is 0. The van der Waals surface area contributed by atoms with E-state index in [9.17, 15) is 0 Å². The average molecular weight is 149 g/mol. The van der Waals surface area contributed by atoms with Gasteiger partial charge in [0, 0.05) is 0 Å². The molecule has 0 heterocycles. The lowest BCUT2D eigenvalue weighted by Gasteiger charge is -2.23. The van der Waals surface area contributed by atoms with Crippen LogP contribution < -0.4 is 11.0 Å². The molecule has 0 rings (SSSR count). The summed E-state index contributed by atoms with van der Waals surface area (Å²) in [7, 11) is -1.59. The molecule has 0 saturated heterocycles. The Morgan fingerprint density at radius 3 is 1.11 bits per heavy atom. The van der Waals surface area contributed by atoms with Crippen molar-refractivity contribution in [3.63, 3.8) is 0 Å². The maximum absolute atomic E-state index is 5.89. The van der Waals surface area contributed by atoms with Crippen molar-refractivity contribution < 1.29 is 0 Å². The molecule has 0 unspecified atom stereocenters. The lowest BCUT2D eigenvalue weighted by atomic mass is 10.5. The van der Waals surface area contributed by atoms with Gasteiger partial charge in [0.1, 0.15) is 7.56 Å². The summed E-state index contributed by atoms with van der Waals surface area (Å²) in [5.74, 6) is 0. The number of nitrogens with two attached hydrogens (primary N) is 2. The van der Waals surface area contributed by atoms with Gasteiger partial charge in [-0.2, -0.15) is 11.0 Å². The van der Waals surface area contributed by atoms with E-state index in [-0.39, 0.29) is 0 Å².